The Bertz CT molecular complexity index is 962. The molecule has 0 aliphatic carbocycles. The molecule has 0 aliphatic heterocycles. The number of aryl methyl sites for hydroxylation is 1. The van der Waals surface area contributed by atoms with Crippen molar-refractivity contribution in [1.82, 2.24) is 15.6 Å². The molecule has 1 heterocycles. The topological polar surface area (TPSA) is 80.3 Å². The van der Waals surface area contributed by atoms with E-state index in [-0.39, 0.29) is 19.1 Å². The van der Waals surface area contributed by atoms with Crippen molar-refractivity contribution < 1.29 is 14.3 Å². The standard InChI is InChI=1S/C24H25N3O3/c1-18-9-8-14-25-22(18)16-26-23(28)21(15-19-10-4-2-5-11-19)27-24(29)30-17-20-12-6-3-7-13-20/h2-14,21H,15-17H2,1H3,(H,26,28)(H,27,29)/t21-/m0/s1. The number of ether oxygens (including phenoxy) is 1. The highest BCUT2D eigenvalue weighted by molar-refractivity contribution is 5.85. The Kier molecular flexibility index (Phi) is 7.55. The van der Waals surface area contributed by atoms with Crippen molar-refractivity contribution in [3.8, 4) is 0 Å². The van der Waals surface area contributed by atoms with E-state index in [2.05, 4.69) is 15.6 Å². The molecule has 0 fully saturated rings. The van der Waals surface area contributed by atoms with Gasteiger partial charge in [0.15, 0.2) is 0 Å². The van der Waals surface area contributed by atoms with Gasteiger partial charge in [-0.25, -0.2) is 4.79 Å². The van der Waals surface area contributed by atoms with Gasteiger partial charge in [0.2, 0.25) is 5.91 Å². The first-order valence-electron chi connectivity index (χ1n) is 9.81. The molecule has 30 heavy (non-hydrogen) atoms. The van der Waals surface area contributed by atoms with E-state index in [1.54, 1.807) is 6.20 Å². The molecule has 1 aromatic heterocycles. The number of nitrogens with one attached hydrogen (secondary N) is 2. The lowest BCUT2D eigenvalue weighted by atomic mass is 10.1. The van der Waals surface area contributed by atoms with Gasteiger partial charge in [-0.2, -0.15) is 0 Å². The second-order valence-corrected chi connectivity index (χ2v) is 6.93. The maximum absolute atomic E-state index is 12.8. The number of hydrogen-bond acceptors (Lipinski definition) is 4. The average Bonchev–Trinajstić information content (AvgIpc) is 2.78. The van der Waals surface area contributed by atoms with Crippen molar-refractivity contribution in [2.45, 2.75) is 32.5 Å². The summed E-state index contributed by atoms with van der Waals surface area (Å²) in [7, 11) is 0. The van der Waals surface area contributed by atoms with E-state index in [0.29, 0.717) is 6.42 Å². The number of alkyl carbamates (subject to hydrolysis) is 1. The van der Waals surface area contributed by atoms with Crippen LogP contribution in [0.5, 0.6) is 0 Å². The fraction of sp³-hybridized carbons (Fsp3) is 0.208. The molecular weight excluding hydrogens is 378 g/mol. The van der Waals surface area contributed by atoms with Crippen LogP contribution >= 0.6 is 0 Å². The molecule has 1 atom stereocenters. The van der Waals surface area contributed by atoms with Gasteiger partial charge in [-0.1, -0.05) is 66.7 Å². The summed E-state index contributed by atoms with van der Waals surface area (Å²) in [5.41, 5.74) is 3.60. The highest BCUT2D eigenvalue weighted by Gasteiger charge is 2.22. The lowest BCUT2D eigenvalue weighted by Crippen LogP contribution is -2.48. The van der Waals surface area contributed by atoms with Crippen LogP contribution in [0.4, 0.5) is 4.79 Å². The molecule has 154 valence electrons. The van der Waals surface area contributed by atoms with Crippen molar-refractivity contribution in [3.05, 3.63) is 101 Å². The summed E-state index contributed by atoms with van der Waals surface area (Å²) < 4.78 is 5.29. The number of pyridine rings is 1. The first kappa shape index (κ1) is 21.0. The number of carbonyl (C=O) groups is 2. The van der Waals surface area contributed by atoms with Crippen molar-refractivity contribution >= 4 is 12.0 Å². The molecule has 0 aliphatic rings. The third-order valence-electron chi connectivity index (χ3n) is 4.65. The predicted octanol–water partition coefficient (Wildman–Crippen LogP) is 3.54. The smallest absolute Gasteiger partial charge is 0.408 e. The molecule has 2 N–H and O–H groups in total. The quantitative estimate of drug-likeness (QED) is 0.603. The van der Waals surface area contributed by atoms with Crippen LogP contribution in [-0.4, -0.2) is 23.0 Å². The SMILES string of the molecule is Cc1cccnc1CNC(=O)[C@H](Cc1ccccc1)NC(=O)OCc1ccccc1. The van der Waals surface area contributed by atoms with Crippen LogP contribution in [-0.2, 0) is 29.1 Å². The third-order valence-corrected chi connectivity index (χ3v) is 4.65. The van der Waals surface area contributed by atoms with Crippen molar-refractivity contribution in [2.75, 3.05) is 0 Å². The Labute approximate surface area is 176 Å². The van der Waals surface area contributed by atoms with Crippen LogP contribution in [0.3, 0.4) is 0 Å². The predicted molar refractivity (Wildman–Crippen MR) is 115 cm³/mol. The van der Waals surface area contributed by atoms with Gasteiger partial charge in [-0.05, 0) is 29.7 Å². The Morgan fingerprint density at radius 1 is 0.933 bits per heavy atom. The lowest BCUT2D eigenvalue weighted by Gasteiger charge is -2.19. The van der Waals surface area contributed by atoms with Crippen LogP contribution < -0.4 is 10.6 Å². The number of carbonyl (C=O) groups excluding carboxylic acids is 2. The van der Waals surface area contributed by atoms with E-state index in [0.717, 1.165) is 22.4 Å². The van der Waals surface area contributed by atoms with Gasteiger partial charge in [0.05, 0.1) is 12.2 Å². The number of rotatable bonds is 8. The highest BCUT2D eigenvalue weighted by Crippen LogP contribution is 2.07. The molecule has 6 heteroatoms. The van der Waals surface area contributed by atoms with E-state index < -0.39 is 12.1 Å². The van der Waals surface area contributed by atoms with Gasteiger partial charge in [0, 0.05) is 12.6 Å². The number of nitrogens with zero attached hydrogens (tertiary/aromatic N) is 1. The second kappa shape index (κ2) is 10.8. The molecule has 0 saturated carbocycles. The Morgan fingerprint density at radius 2 is 1.60 bits per heavy atom. The largest absolute Gasteiger partial charge is 0.445 e. The summed E-state index contributed by atoms with van der Waals surface area (Å²) in [6.45, 7) is 2.37. The summed E-state index contributed by atoms with van der Waals surface area (Å²) >= 11 is 0. The Morgan fingerprint density at radius 3 is 2.27 bits per heavy atom. The minimum atomic E-state index is -0.764. The zero-order valence-electron chi connectivity index (χ0n) is 16.9. The zero-order chi connectivity index (χ0) is 21.2. The Hall–Kier alpha value is -3.67. The van der Waals surface area contributed by atoms with Crippen LogP contribution in [0.2, 0.25) is 0 Å². The minimum absolute atomic E-state index is 0.138. The molecule has 0 saturated heterocycles. The zero-order valence-corrected chi connectivity index (χ0v) is 16.9. The van der Waals surface area contributed by atoms with E-state index in [1.807, 2.05) is 79.7 Å². The van der Waals surface area contributed by atoms with E-state index >= 15 is 0 Å². The maximum atomic E-state index is 12.8. The first-order valence-corrected chi connectivity index (χ1v) is 9.81. The number of aromatic nitrogens is 1. The van der Waals surface area contributed by atoms with Gasteiger partial charge in [0.1, 0.15) is 12.6 Å². The molecular formula is C24H25N3O3. The van der Waals surface area contributed by atoms with Gasteiger partial charge in [-0.15, -0.1) is 0 Å². The average molecular weight is 403 g/mol. The van der Waals surface area contributed by atoms with Gasteiger partial charge >= 0.3 is 6.09 Å². The van der Waals surface area contributed by atoms with E-state index in [1.165, 1.54) is 0 Å². The van der Waals surface area contributed by atoms with Gasteiger partial charge < -0.3 is 15.4 Å². The van der Waals surface area contributed by atoms with E-state index in [4.69, 9.17) is 4.74 Å². The highest BCUT2D eigenvalue weighted by atomic mass is 16.5. The summed E-state index contributed by atoms with van der Waals surface area (Å²) in [6.07, 6.45) is 1.41. The fourth-order valence-corrected chi connectivity index (χ4v) is 2.96. The molecule has 0 unspecified atom stereocenters. The molecule has 0 radical (unpaired) electrons. The molecule has 0 spiro atoms. The third kappa shape index (κ3) is 6.44. The molecule has 0 bridgehead atoms. The van der Waals surface area contributed by atoms with Crippen LogP contribution in [0, 0.1) is 6.92 Å². The van der Waals surface area contributed by atoms with Gasteiger partial charge in [-0.3, -0.25) is 9.78 Å². The van der Waals surface area contributed by atoms with Crippen molar-refractivity contribution in [2.24, 2.45) is 0 Å². The summed E-state index contributed by atoms with van der Waals surface area (Å²) in [4.78, 5) is 29.4. The maximum Gasteiger partial charge on any atom is 0.408 e. The second-order valence-electron chi connectivity index (χ2n) is 6.93. The van der Waals surface area contributed by atoms with Crippen molar-refractivity contribution in [1.29, 1.82) is 0 Å². The monoisotopic (exact) mass is 403 g/mol. The minimum Gasteiger partial charge on any atom is -0.445 e. The summed E-state index contributed by atoms with van der Waals surface area (Å²) in [5.74, 6) is -0.291. The van der Waals surface area contributed by atoms with Crippen LogP contribution in [0.15, 0.2) is 79.0 Å². The van der Waals surface area contributed by atoms with Crippen LogP contribution in [0.1, 0.15) is 22.4 Å². The van der Waals surface area contributed by atoms with Gasteiger partial charge in [0.25, 0.3) is 0 Å². The summed E-state index contributed by atoms with van der Waals surface area (Å²) in [5, 5.41) is 5.56. The molecule has 3 rings (SSSR count). The first-order chi connectivity index (χ1) is 14.6. The number of hydrogen-bond donors (Lipinski definition) is 2. The fourth-order valence-electron chi connectivity index (χ4n) is 2.96. The van der Waals surface area contributed by atoms with E-state index in [9.17, 15) is 9.59 Å². The Balaban J connectivity index is 1.62. The number of benzene rings is 2. The molecule has 6 nitrogen and oxygen atoms in total. The van der Waals surface area contributed by atoms with Crippen molar-refractivity contribution in [3.63, 3.8) is 0 Å². The lowest BCUT2D eigenvalue weighted by molar-refractivity contribution is -0.123. The molecule has 2 aromatic carbocycles. The number of amides is 2. The molecule has 3 aromatic rings. The normalized spacial score (nSPS) is 11.4. The van der Waals surface area contributed by atoms with Crippen LogP contribution in [0.25, 0.3) is 0 Å². The summed E-state index contributed by atoms with van der Waals surface area (Å²) in [6, 6.07) is 22.0. The molecule has 2 amide bonds.